The van der Waals surface area contributed by atoms with Gasteiger partial charge in [-0.3, -0.25) is 4.99 Å². The van der Waals surface area contributed by atoms with E-state index in [4.69, 9.17) is 0 Å². The quantitative estimate of drug-likeness (QED) is 0.615. The van der Waals surface area contributed by atoms with Crippen LogP contribution in [0.25, 0.3) is 0 Å². The molecule has 0 aromatic rings. The van der Waals surface area contributed by atoms with Gasteiger partial charge in [0.25, 0.3) is 0 Å². The molecule has 3 fully saturated rings. The fourth-order valence-electron chi connectivity index (χ4n) is 4.34. The molecule has 0 spiro atoms. The lowest BCUT2D eigenvalue weighted by atomic mass is 9.82. The first-order chi connectivity index (χ1) is 9.76. The third-order valence-electron chi connectivity index (χ3n) is 5.53. The molecule has 1 aliphatic carbocycles. The van der Waals surface area contributed by atoms with E-state index >= 15 is 0 Å². The summed E-state index contributed by atoms with van der Waals surface area (Å²) in [7, 11) is 4.16. The molecule has 1 N–H and O–H groups in total. The molecule has 4 heteroatoms. The van der Waals surface area contributed by atoms with Gasteiger partial charge in [-0.1, -0.05) is 12.8 Å². The molecule has 1 saturated carbocycles. The van der Waals surface area contributed by atoms with Crippen molar-refractivity contribution in [3.05, 3.63) is 0 Å². The summed E-state index contributed by atoms with van der Waals surface area (Å²) in [6, 6.07) is 0. The van der Waals surface area contributed by atoms with E-state index < -0.39 is 0 Å². The summed E-state index contributed by atoms with van der Waals surface area (Å²) < 4.78 is 0. The van der Waals surface area contributed by atoms with Crippen molar-refractivity contribution in [3.63, 3.8) is 0 Å². The molecule has 20 heavy (non-hydrogen) atoms. The molecule has 0 bridgehead atoms. The van der Waals surface area contributed by atoms with Crippen molar-refractivity contribution in [2.75, 3.05) is 46.8 Å². The maximum Gasteiger partial charge on any atom is 0.193 e. The zero-order valence-electron chi connectivity index (χ0n) is 13.1. The van der Waals surface area contributed by atoms with Crippen LogP contribution in [0.5, 0.6) is 0 Å². The Balaban J connectivity index is 1.50. The van der Waals surface area contributed by atoms with E-state index in [1.54, 1.807) is 0 Å². The lowest BCUT2D eigenvalue weighted by molar-refractivity contribution is 0.299. The standard InChI is InChI=1S/C16H30N4/c1-17-16(18-9-13-7-8-19(2)10-13)20-11-14-5-3-4-6-15(14)12-20/h13-15H,3-12H2,1-2H3,(H,17,18). The van der Waals surface area contributed by atoms with Gasteiger partial charge in [0.15, 0.2) is 5.96 Å². The van der Waals surface area contributed by atoms with Gasteiger partial charge in [-0.15, -0.1) is 0 Å². The van der Waals surface area contributed by atoms with Gasteiger partial charge in [0.05, 0.1) is 0 Å². The van der Waals surface area contributed by atoms with Crippen LogP contribution in [0.2, 0.25) is 0 Å². The Kier molecular flexibility index (Phi) is 4.49. The zero-order valence-corrected chi connectivity index (χ0v) is 13.1. The number of likely N-dealkylation sites (tertiary alicyclic amines) is 2. The van der Waals surface area contributed by atoms with Crippen LogP contribution in [0.1, 0.15) is 32.1 Å². The monoisotopic (exact) mass is 278 g/mol. The van der Waals surface area contributed by atoms with Crippen LogP contribution in [0.4, 0.5) is 0 Å². The van der Waals surface area contributed by atoms with E-state index in [9.17, 15) is 0 Å². The van der Waals surface area contributed by atoms with Crippen LogP contribution in [0, 0.1) is 17.8 Å². The van der Waals surface area contributed by atoms with Crippen molar-refractivity contribution in [3.8, 4) is 0 Å². The molecule has 0 radical (unpaired) electrons. The second-order valence-electron chi connectivity index (χ2n) is 7.05. The third-order valence-corrected chi connectivity index (χ3v) is 5.53. The summed E-state index contributed by atoms with van der Waals surface area (Å²) in [4.78, 5) is 9.47. The van der Waals surface area contributed by atoms with Crippen molar-refractivity contribution in [1.82, 2.24) is 15.1 Å². The van der Waals surface area contributed by atoms with E-state index in [1.165, 1.54) is 58.3 Å². The van der Waals surface area contributed by atoms with Gasteiger partial charge < -0.3 is 15.1 Å². The Hall–Kier alpha value is -0.770. The van der Waals surface area contributed by atoms with Crippen LogP contribution in [0.3, 0.4) is 0 Å². The highest BCUT2D eigenvalue weighted by Crippen LogP contribution is 2.35. The molecule has 3 aliphatic rings. The van der Waals surface area contributed by atoms with E-state index in [1.807, 2.05) is 7.05 Å². The number of guanidine groups is 1. The molecular weight excluding hydrogens is 248 g/mol. The predicted octanol–water partition coefficient (Wildman–Crippen LogP) is 1.64. The molecule has 0 amide bonds. The highest BCUT2D eigenvalue weighted by Gasteiger charge is 2.35. The smallest absolute Gasteiger partial charge is 0.193 e. The van der Waals surface area contributed by atoms with Crippen LogP contribution < -0.4 is 5.32 Å². The first-order valence-electron chi connectivity index (χ1n) is 8.40. The maximum absolute atomic E-state index is 4.53. The van der Waals surface area contributed by atoms with Gasteiger partial charge in [-0.2, -0.15) is 0 Å². The molecule has 3 atom stereocenters. The fraction of sp³-hybridized carbons (Fsp3) is 0.938. The normalized spacial score (nSPS) is 35.4. The summed E-state index contributed by atoms with van der Waals surface area (Å²) in [5.74, 6) is 3.80. The Morgan fingerprint density at radius 1 is 1.10 bits per heavy atom. The maximum atomic E-state index is 4.53. The largest absolute Gasteiger partial charge is 0.356 e. The minimum Gasteiger partial charge on any atom is -0.356 e. The van der Waals surface area contributed by atoms with Crippen LogP contribution in [-0.2, 0) is 0 Å². The number of rotatable bonds is 2. The van der Waals surface area contributed by atoms with E-state index in [2.05, 4.69) is 27.2 Å². The molecule has 3 rings (SSSR count). The summed E-state index contributed by atoms with van der Waals surface area (Å²) >= 11 is 0. The van der Waals surface area contributed by atoms with Gasteiger partial charge in [0, 0.05) is 33.2 Å². The van der Waals surface area contributed by atoms with Gasteiger partial charge in [0.1, 0.15) is 0 Å². The van der Waals surface area contributed by atoms with Crippen molar-refractivity contribution in [2.45, 2.75) is 32.1 Å². The first-order valence-corrected chi connectivity index (χ1v) is 8.40. The molecule has 2 aliphatic heterocycles. The fourth-order valence-corrected chi connectivity index (χ4v) is 4.34. The van der Waals surface area contributed by atoms with Crippen LogP contribution in [0.15, 0.2) is 4.99 Å². The Morgan fingerprint density at radius 2 is 1.80 bits per heavy atom. The molecule has 0 aromatic carbocycles. The zero-order chi connectivity index (χ0) is 13.9. The average molecular weight is 278 g/mol. The van der Waals surface area contributed by atoms with E-state index in [-0.39, 0.29) is 0 Å². The van der Waals surface area contributed by atoms with Crippen molar-refractivity contribution < 1.29 is 0 Å². The van der Waals surface area contributed by atoms with Gasteiger partial charge in [0.2, 0.25) is 0 Å². The summed E-state index contributed by atoms with van der Waals surface area (Å²) in [6.07, 6.45) is 7.08. The minimum atomic E-state index is 0.793. The van der Waals surface area contributed by atoms with E-state index in [0.29, 0.717) is 0 Å². The topological polar surface area (TPSA) is 30.9 Å². The van der Waals surface area contributed by atoms with Crippen molar-refractivity contribution >= 4 is 5.96 Å². The van der Waals surface area contributed by atoms with Crippen LogP contribution in [-0.4, -0.2) is 62.6 Å². The first kappa shape index (κ1) is 14.2. The summed E-state index contributed by atoms with van der Waals surface area (Å²) in [6.45, 7) is 6.03. The number of hydrogen-bond acceptors (Lipinski definition) is 2. The summed E-state index contributed by atoms with van der Waals surface area (Å²) in [5, 5.41) is 3.63. The number of fused-ring (bicyclic) bond motifs is 1. The number of nitrogens with one attached hydrogen (secondary N) is 1. The molecule has 3 unspecified atom stereocenters. The number of aliphatic imine (C=N–C) groups is 1. The van der Waals surface area contributed by atoms with Crippen molar-refractivity contribution in [1.29, 1.82) is 0 Å². The molecule has 4 nitrogen and oxygen atoms in total. The SMILES string of the molecule is CN=C(NCC1CCN(C)C1)N1CC2CCCCC2C1. The Bertz CT molecular complexity index is 340. The van der Waals surface area contributed by atoms with Crippen LogP contribution >= 0.6 is 0 Å². The highest BCUT2D eigenvalue weighted by molar-refractivity contribution is 5.80. The highest BCUT2D eigenvalue weighted by atomic mass is 15.3. The Labute approximate surface area is 123 Å². The van der Waals surface area contributed by atoms with E-state index in [0.717, 1.165) is 30.3 Å². The summed E-state index contributed by atoms with van der Waals surface area (Å²) in [5.41, 5.74) is 0. The van der Waals surface area contributed by atoms with Crippen molar-refractivity contribution in [2.24, 2.45) is 22.7 Å². The molecular formula is C16H30N4. The molecule has 0 aromatic heterocycles. The minimum absolute atomic E-state index is 0.793. The molecule has 114 valence electrons. The average Bonchev–Trinajstić information content (AvgIpc) is 3.05. The third kappa shape index (κ3) is 3.11. The molecule has 2 heterocycles. The second kappa shape index (κ2) is 6.33. The molecule has 2 saturated heterocycles. The van der Waals surface area contributed by atoms with Gasteiger partial charge >= 0.3 is 0 Å². The second-order valence-corrected chi connectivity index (χ2v) is 7.05. The predicted molar refractivity (Wildman–Crippen MR) is 84.0 cm³/mol. The van der Waals surface area contributed by atoms with Gasteiger partial charge in [-0.05, 0) is 50.6 Å². The Morgan fingerprint density at radius 3 is 2.35 bits per heavy atom. The lowest BCUT2D eigenvalue weighted by Crippen LogP contribution is -2.42. The van der Waals surface area contributed by atoms with Gasteiger partial charge in [-0.25, -0.2) is 0 Å². The number of nitrogens with zero attached hydrogens (tertiary/aromatic N) is 3. The number of hydrogen-bond donors (Lipinski definition) is 1. The lowest BCUT2D eigenvalue weighted by Gasteiger charge is -2.23.